The highest BCUT2D eigenvalue weighted by atomic mass is 28.4. The molecule has 0 saturated heterocycles. The Morgan fingerprint density at radius 1 is 1.00 bits per heavy atom. The quantitative estimate of drug-likeness (QED) is 0.716. The minimum Gasteiger partial charge on any atom is -0.414 e. The zero-order valence-corrected chi connectivity index (χ0v) is 17.0. The molecule has 3 saturated carbocycles. The van der Waals surface area contributed by atoms with E-state index in [4.69, 9.17) is 4.43 Å². The Bertz CT molecular complexity index is 417. The molecule has 3 aliphatic rings. The van der Waals surface area contributed by atoms with Gasteiger partial charge >= 0.3 is 0 Å². The molecule has 3 nitrogen and oxygen atoms in total. The van der Waals surface area contributed by atoms with E-state index < -0.39 is 13.9 Å². The maximum absolute atomic E-state index is 11.7. The second-order valence-electron chi connectivity index (χ2n) is 8.81. The van der Waals surface area contributed by atoms with Gasteiger partial charge in [0.25, 0.3) is 0 Å². The SMILES string of the molecule is CC[Si](CC)(CC)O[C@H]1CC[C@H]2CC[C@H](O)C[C@H]3CCC[C@@]2(O)[C@@H]31. The Labute approximate surface area is 149 Å². The van der Waals surface area contributed by atoms with Crippen molar-refractivity contribution in [2.45, 2.75) is 108 Å². The van der Waals surface area contributed by atoms with Crippen molar-refractivity contribution in [3.63, 3.8) is 0 Å². The summed E-state index contributed by atoms with van der Waals surface area (Å²) in [6.07, 6.45) is 8.23. The minimum absolute atomic E-state index is 0.174. The van der Waals surface area contributed by atoms with Crippen molar-refractivity contribution >= 4 is 8.32 Å². The highest BCUT2D eigenvalue weighted by molar-refractivity contribution is 6.73. The lowest BCUT2D eigenvalue weighted by atomic mass is 9.54. The molecule has 3 fully saturated rings. The number of hydrogen-bond donors (Lipinski definition) is 2. The first-order valence-corrected chi connectivity index (χ1v) is 13.1. The van der Waals surface area contributed by atoms with Gasteiger partial charge in [-0.1, -0.05) is 27.2 Å². The van der Waals surface area contributed by atoms with E-state index in [1.54, 1.807) is 0 Å². The van der Waals surface area contributed by atoms with E-state index >= 15 is 0 Å². The molecule has 0 spiro atoms. The van der Waals surface area contributed by atoms with Crippen LogP contribution >= 0.6 is 0 Å². The normalized spacial score (nSPS) is 43.1. The third kappa shape index (κ3) is 3.24. The molecule has 0 aromatic rings. The van der Waals surface area contributed by atoms with E-state index in [0.717, 1.165) is 51.4 Å². The smallest absolute Gasteiger partial charge is 0.192 e. The molecule has 6 atom stereocenters. The Morgan fingerprint density at radius 2 is 1.67 bits per heavy atom. The zero-order valence-electron chi connectivity index (χ0n) is 16.0. The van der Waals surface area contributed by atoms with Gasteiger partial charge in [-0.25, -0.2) is 0 Å². The van der Waals surface area contributed by atoms with E-state index in [1.165, 1.54) is 18.1 Å². The summed E-state index contributed by atoms with van der Waals surface area (Å²) in [7, 11) is -1.66. The molecular weight excluding hydrogens is 316 g/mol. The fourth-order valence-corrected chi connectivity index (χ4v) is 9.18. The average Bonchev–Trinajstić information content (AvgIpc) is 2.58. The summed E-state index contributed by atoms with van der Waals surface area (Å²) in [4.78, 5) is 0. The summed E-state index contributed by atoms with van der Waals surface area (Å²) in [5, 5.41) is 22.1. The molecule has 2 N–H and O–H groups in total. The van der Waals surface area contributed by atoms with Crippen LogP contribution < -0.4 is 0 Å². The monoisotopic (exact) mass is 354 g/mol. The van der Waals surface area contributed by atoms with Crippen LogP contribution in [0.2, 0.25) is 18.1 Å². The molecule has 24 heavy (non-hydrogen) atoms. The van der Waals surface area contributed by atoms with Crippen molar-refractivity contribution in [2.24, 2.45) is 17.8 Å². The molecule has 140 valence electrons. The second kappa shape index (κ2) is 7.38. The summed E-state index contributed by atoms with van der Waals surface area (Å²) in [5.74, 6) is 1.08. The lowest BCUT2D eigenvalue weighted by molar-refractivity contribution is -0.189. The predicted octanol–water partition coefficient (Wildman–Crippen LogP) is 4.48. The number of aliphatic hydroxyl groups is 2. The van der Waals surface area contributed by atoms with Crippen LogP contribution in [0.15, 0.2) is 0 Å². The van der Waals surface area contributed by atoms with Crippen molar-refractivity contribution in [1.29, 1.82) is 0 Å². The van der Waals surface area contributed by atoms with E-state index in [9.17, 15) is 10.2 Å². The summed E-state index contributed by atoms with van der Waals surface area (Å²) >= 11 is 0. The summed E-state index contributed by atoms with van der Waals surface area (Å²) in [5.41, 5.74) is -0.526. The van der Waals surface area contributed by atoms with Gasteiger partial charge in [0, 0.05) is 5.92 Å². The largest absolute Gasteiger partial charge is 0.414 e. The molecule has 0 unspecified atom stereocenters. The van der Waals surface area contributed by atoms with Crippen molar-refractivity contribution < 1.29 is 14.6 Å². The molecule has 3 aliphatic carbocycles. The van der Waals surface area contributed by atoms with Gasteiger partial charge in [0.1, 0.15) is 0 Å². The van der Waals surface area contributed by atoms with Crippen LogP contribution in [0.4, 0.5) is 0 Å². The molecule has 0 aromatic heterocycles. The molecule has 0 amide bonds. The second-order valence-corrected chi connectivity index (χ2v) is 13.5. The Hall–Kier alpha value is 0.0969. The summed E-state index contributed by atoms with van der Waals surface area (Å²) in [6.45, 7) is 6.88. The highest BCUT2D eigenvalue weighted by Crippen LogP contribution is 2.55. The van der Waals surface area contributed by atoms with Crippen LogP contribution in [0.5, 0.6) is 0 Å². The van der Waals surface area contributed by atoms with Crippen molar-refractivity contribution in [2.75, 3.05) is 0 Å². The van der Waals surface area contributed by atoms with Crippen LogP contribution in [-0.2, 0) is 4.43 Å². The number of rotatable bonds is 5. The van der Waals surface area contributed by atoms with Gasteiger partial charge < -0.3 is 14.6 Å². The Morgan fingerprint density at radius 3 is 2.33 bits per heavy atom. The van der Waals surface area contributed by atoms with Crippen molar-refractivity contribution in [1.82, 2.24) is 0 Å². The van der Waals surface area contributed by atoms with E-state index in [-0.39, 0.29) is 18.1 Å². The summed E-state index contributed by atoms with van der Waals surface area (Å²) in [6, 6.07) is 3.54. The van der Waals surface area contributed by atoms with E-state index in [2.05, 4.69) is 20.8 Å². The minimum atomic E-state index is -1.66. The molecule has 0 heterocycles. The van der Waals surface area contributed by atoms with Crippen molar-refractivity contribution in [3.05, 3.63) is 0 Å². The zero-order chi connectivity index (χ0) is 17.4. The van der Waals surface area contributed by atoms with Gasteiger partial charge in [-0.15, -0.1) is 0 Å². The first kappa shape index (κ1) is 18.9. The van der Waals surface area contributed by atoms with E-state index in [0.29, 0.717) is 11.8 Å². The highest BCUT2D eigenvalue weighted by Gasteiger charge is 2.56. The fourth-order valence-electron chi connectivity index (χ4n) is 6.27. The van der Waals surface area contributed by atoms with Gasteiger partial charge in [0.15, 0.2) is 8.32 Å². The number of hydrogen-bond acceptors (Lipinski definition) is 3. The molecule has 0 radical (unpaired) electrons. The van der Waals surface area contributed by atoms with Gasteiger partial charge in [0.2, 0.25) is 0 Å². The van der Waals surface area contributed by atoms with Gasteiger partial charge in [-0.3, -0.25) is 0 Å². The van der Waals surface area contributed by atoms with Gasteiger partial charge in [-0.05, 0) is 74.9 Å². The third-order valence-electron chi connectivity index (χ3n) is 7.90. The Balaban J connectivity index is 1.89. The van der Waals surface area contributed by atoms with Gasteiger partial charge in [-0.2, -0.15) is 0 Å². The van der Waals surface area contributed by atoms with Crippen LogP contribution in [0.3, 0.4) is 0 Å². The molecule has 3 rings (SSSR count). The predicted molar refractivity (Wildman–Crippen MR) is 100 cm³/mol. The maximum Gasteiger partial charge on any atom is 0.192 e. The Kier molecular flexibility index (Phi) is 5.80. The first-order chi connectivity index (χ1) is 11.5. The third-order valence-corrected chi connectivity index (χ3v) is 12.6. The van der Waals surface area contributed by atoms with Crippen LogP contribution in [0.1, 0.15) is 72.1 Å². The van der Waals surface area contributed by atoms with Crippen LogP contribution in [0, 0.1) is 17.8 Å². The van der Waals surface area contributed by atoms with Crippen LogP contribution in [-0.4, -0.2) is 36.3 Å². The fraction of sp³-hybridized carbons (Fsp3) is 1.00. The molecule has 4 bridgehead atoms. The molecule has 4 heteroatoms. The van der Waals surface area contributed by atoms with Gasteiger partial charge in [0.05, 0.1) is 17.8 Å². The average molecular weight is 355 g/mol. The molecular formula is C20H38O3Si. The summed E-state index contributed by atoms with van der Waals surface area (Å²) < 4.78 is 6.94. The lowest BCUT2D eigenvalue weighted by Gasteiger charge is -2.58. The first-order valence-electron chi connectivity index (χ1n) is 10.6. The molecule has 0 aromatic carbocycles. The lowest BCUT2D eigenvalue weighted by Crippen LogP contribution is -2.61. The van der Waals surface area contributed by atoms with Crippen molar-refractivity contribution in [3.8, 4) is 0 Å². The van der Waals surface area contributed by atoms with E-state index in [1.807, 2.05) is 0 Å². The maximum atomic E-state index is 11.7. The number of aliphatic hydroxyl groups excluding tert-OH is 1. The molecule has 0 aliphatic heterocycles. The topological polar surface area (TPSA) is 49.7 Å². The van der Waals surface area contributed by atoms with Crippen LogP contribution in [0.25, 0.3) is 0 Å². The standard InChI is InChI=1S/C20H38O3Si/c1-4-24(5-2,6-3)23-18-12-10-16-9-11-17(21)14-15-8-7-13-20(16,22)19(15)18/h15-19,21-22H,4-14H2,1-3H3/t15-,16-,17+,18+,19+,20+/m1/s1.